The van der Waals surface area contributed by atoms with E-state index in [9.17, 15) is 26.0 Å². The van der Waals surface area contributed by atoms with Crippen LogP contribution in [0.2, 0.25) is 0 Å². The third kappa shape index (κ3) is 2.14. The van der Waals surface area contributed by atoms with Crippen molar-refractivity contribution in [3.63, 3.8) is 0 Å². The largest absolute Gasteiger partial charge is 0.462 e. The number of halogens is 1. The fourth-order valence-electron chi connectivity index (χ4n) is 0.985. The zero-order valence-corrected chi connectivity index (χ0v) is 10.2. The van der Waals surface area contributed by atoms with Crippen LogP contribution in [0.4, 0.5) is 4.39 Å². The molecule has 1 rings (SSSR count). The Morgan fingerprint density at radius 3 is 2.00 bits per heavy atom. The summed E-state index contributed by atoms with van der Waals surface area (Å²) in [5, 5.41) is 0. The van der Waals surface area contributed by atoms with Crippen LogP contribution in [0, 0.1) is 0 Å². The summed E-state index contributed by atoms with van der Waals surface area (Å²) in [7, 11) is -10.7. The van der Waals surface area contributed by atoms with Crippen LogP contribution in [0.15, 0.2) is 0 Å². The van der Waals surface area contributed by atoms with E-state index in [-0.39, 0.29) is 0 Å². The molecule has 0 saturated carbocycles. The summed E-state index contributed by atoms with van der Waals surface area (Å²) in [6.07, 6.45) is 0. The van der Waals surface area contributed by atoms with Crippen molar-refractivity contribution in [1.82, 2.24) is 0 Å². The molecular formula is C6H9FO8S2. The lowest BCUT2D eigenvalue weighted by molar-refractivity contribution is -0.148. The van der Waals surface area contributed by atoms with E-state index in [0.29, 0.717) is 0 Å². The van der Waals surface area contributed by atoms with Gasteiger partial charge in [0.25, 0.3) is 0 Å². The van der Waals surface area contributed by atoms with Gasteiger partial charge in [-0.2, -0.15) is 21.2 Å². The molecular weight excluding hydrogens is 283 g/mol. The molecule has 1 saturated heterocycles. The topological polar surface area (TPSA) is 113 Å². The van der Waals surface area contributed by atoms with Crippen molar-refractivity contribution < 1.29 is 39.1 Å². The number of rotatable bonds is 2. The van der Waals surface area contributed by atoms with Crippen LogP contribution >= 0.6 is 0 Å². The summed E-state index contributed by atoms with van der Waals surface area (Å²) in [5.74, 6) is -2.11. The first-order chi connectivity index (χ1) is 7.69. The first-order valence-corrected chi connectivity index (χ1v) is 7.15. The molecule has 0 atom stereocenters. The van der Waals surface area contributed by atoms with Gasteiger partial charge in [0.15, 0.2) is 0 Å². The molecule has 17 heavy (non-hydrogen) atoms. The number of hydrogen-bond donors (Lipinski definition) is 0. The average Bonchev–Trinajstić information content (AvgIpc) is 2.29. The Bertz CT molecular complexity index is 470. The summed E-state index contributed by atoms with van der Waals surface area (Å²) >= 11 is 0. The molecule has 0 radical (unpaired) electrons. The zero-order valence-electron chi connectivity index (χ0n) is 8.58. The van der Waals surface area contributed by atoms with Crippen molar-refractivity contribution in [3.8, 4) is 0 Å². The Morgan fingerprint density at radius 2 is 1.65 bits per heavy atom. The molecule has 100 valence electrons. The maximum atomic E-state index is 14.1. The first-order valence-electron chi connectivity index (χ1n) is 4.33. The van der Waals surface area contributed by atoms with Gasteiger partial charge < -0.3 is 4.74 Å². The van der Waals surface area contributed by atoms with Crippen molar-refractivity contribution >= 4 is 26.2 Å². The number of hydrogen-bond acceptors (Lipinski definition) is 8. The van der Waals surface area contributed by atoms with Gasteiger partial charge in [-0.05, 0) is 6.92 Å². The highest BCUT2D eigenvalue weighted by Crippen LogP contribution is 2.33. The molecule has 1 fully saturated rings. The van der Waals surface area contributed by atoms with E-state index in [0.717, 1.165) is 0 Å². The van der Waals surface area contributed by atoms with E-state index in [1.54, 1.807) is 0 Å². The van der Waals surface area contributed by atoms with Crippen molar-refractivity contribution in [2.45, 2.75) is 11.3 Å². The van der Waals surface area contributed by atoms with Crippen LogP contribution in [0.5, 0.6) is 0 Å². The minimum Gasteiger partial charge on any atom is -0.462 e. The summed E-state index contributed by atoms with van der Waals surface area (Å²) in [6.45, 7) is -0.590. The lowest BCUT2D eigenvalue weighted by Gasteiger charge is -2.18. The molecule has 0 aromatic carbocycles. The zero-order chi connectivity index (χ0) is 13.3. The van der Waals surface area contributed by atoms with Gasteiger partial charge in [0.05, 0.1) is 19.8 Å². The van der Waals surface area contributed by atoms with Crippen LogP contribution in [0.25, 0.3) is 0 Å². The van der Waals surface area contributed by atoms with Crippen molar-refractivity contribution in [2.75, 3.05) is 19.8 Å². The van der Waals surface area contributed by atoms with Gasteiger partial charge in [0.2, 0.25) is 0 Å². The van der Waals surface area contributed by atoms with E-state index in [4.69, 9.17) is 0 Å². The smallest absolute Gasteiger partial charge is 0.452 e. The predicted molar refractivity (Wildman–Crippen MR) is 50.2 cm³/mol. The molecule has 1 aliphatic rings. The summed E-state index contributed by atoms with van der Waals surface area (Å²) < 4.78 is 66.9. The van der Waals surface area contributed by atoms with E-state index in [2.05, 4.69) is 13.1 Å². The minimum atomic E-state index is -5.34. The van der Waals surface area contributed by atoms with Gasteiger partial charge in [0, 0.05) is 0 Å². The van der Waals surface area contributed by atoms with Gasteiger partial charge in [0.1, 0.15) is 0 Å². The second-order valence-electron chi connectivity index (χ2n) is 2.81. The van der Waals surface area contributed by atoms with E-state index >= 15 is 0 Å². The Labute approximate surface area is 96.9 Å². The van der Waals surface area contributed by atoms with E-state index in [1.807, 2.05) is 0 Å². The van der Waals surface area contributed by atoms with Gasteiger partial charge in [-0.1, -0.05) is 0 Å². The van der Waals surface area contributed by atoms with Gasteiger partial charge in [-0.15, -0.1) is 0 Å². The molecule has 1 aliphatic heterocycles. The number of ether oxygens (including phenoxy) is 1. The Kier molecular flexibility index (Phi) is 3.76. The number of carbonyl (C=O) groups is 1. The summed E-state index contributed by atoms with van der Waals surface area (Å²) in [6, 6.07) is 0. The van der Waals surface area contributed by atoms with E-state index in [1.165, 1.54) is 6.92 Å². The van der Waals surface area contributed by atoms with Crippen LogP contribution in [0.3, 0.4) is 0 Å². The lowest BCUT2D eigenvalue weighted by atomic mass is 10.7. The second-order valence-corrected chi connectivity index (χ2v) is 6.48. The van der Waals surface area contributed by atoms with Crippen LogP contribution in [-0.4, -0.2) is 47.0 Å². The maximum absolute atomic E-state index is 14.1. The molecule has 0 N–H and O–H groups in total. The van der Waals surface area contributed by atoms with Crippen molar-refractivity contribution in [3.05, 3.63) is 0 Å². The van der Waals surface area contributed by atoms with Crippen LogP contribution in [-0.2, 0) is 38.1 Å². The number of alkyl halides is 1. The highest BCUT2D eigenvalue weighted by Gasteiger charge is 2.67. The molecule has 0 unspecified atom stereocenters. The average molecular weight is 292 g/mol. The number of esters is 1. The molecule has 8 nitrogen and oxygen atoms in total. The van der Waals surface area contributed by atoms with Gasteiger partial charge in [-0.25, -0.2) is 4.79 Å². The predicted octanol–water partition coefficient (Wildman–Crippen LogP) is -1.12. The van der Waals surface area contributed by atoms with Crippen LogP contribution in [0.1, 0.15) is 6.92 Å². The van der Waals surface area contributed by atoms with Gasteiger partial charge in [-0.3, -0.25) is 8.37 Å². The Balaban J connectivity index is 3.43. The number of carbonyl (C=O) groups excluding carboxylic acids is 1. The Hall–Kier alpha value is -0.780. The fraction of sp³-hybridized carbons (Fsp3) is 0.833. The van der Waals surface area contributed by atoms with E-state index < -0.39 is 50.4 Å². The van der Waals surface area contributed by atoms with Crippen molar-refractivity contribution in [2.24, 2.45) is 0 Å². The highest BCUT2D eigenvalue weighted by molar-refractivity contribution is 8.07. The molecule has 0 spiro atoms. The third-order valence-corrected chi connectivity index (χ3v) is 5.52. The lowest BCUT2D eigenvalue weighted by Crippen LogP contribution is -2.50. The minimum absolute atomic E-state index is 0.407. The monoisotopic (exact) mass is 292 g/mol. The molecule has 0 aromatic rings. The third-order valence-electron chi connectivity index (χ3n) is 1.72. The highest BCUT2D eigenvalue weighted by atomic mass is 32.3. The normalized spacial score (nSPS) is 25.8. The Morgan fingerprint density at radius 1 is 1.24 bits per heavy atom. The standard InChI is InChI=1S/C6H9FO8S2/c1-2-13-5(8)6(7)16(9,10)14-3-4-15-17(6,11)12/h2-4H2,1H3. The van der Waals surface area contributed by atoms with Gasteiger partial charge >= 0.3 is 30.5 Å². The molecule has 0 aromatic heterocycles. The first kappa shape index (κ1) is 14.3. The molecule has 1 heterocycles. The molecule has 0 aliphatic carbocycles. The molecule has 0 bridgehead atoms. The van der Waals surface area contributed by atoms with Crippen molar-refractivity contribution in [1.29, 1.82) is 0 Å². The molecule has 11 heteroatoms. The fourth-order valence-corrected chi connectivity index (χ4v) is 3.68. The summed E-state index contributed by atoms with van der Waals surface area (Å²) in [4.78, 5) is 11.2. The molecule has 0 amide bonds. The SMILES string of the molecule is CCOC(=O)C1(F)S(=O)(=O)OCCOS1(=O)=O. The maximum Gasteiger partial charge on any atom is 0.452 e. The summed E-state index contributed by atoms with van der Waals surface area (Å²) in [5.41, 5.74) is 0. The quantitative estimate of drug-likeness (QED) is 0.464. The second kappa shape index (κ2) is 4.48. The van der Waals surface area contributed by atoms with Crippen LogP contribution < -0.4 is 0 Å².